The van der Waals surface area contributed by atoms with Gasteiger partial charge in [-0.1, -0.05) is 0 Å². The zero-order chi connectivity index (χ0) is 19.6. The maximum absolute atomic E-state index is 13.2. The first-order chi connectivity index (χ1) is 12.8. The molecule has 3 N–H and O–H groups in total. The van der Waals surface area contributed by atoms with Crippen molar-refractivity contribution in [2.24, 2.45) is 0 Å². The summed E-state index contributed by atoms with van der Waals surface area (Å²) in [4.78, 5) is 28.4. The summed E-state index contributed by atoms with van der Waals surface area (Å²) in [5, 5.41) is 17.2. The largest absolute Gasteiger partial charge is 0.507 e. The Morgan fingerprint density at radius 3 is 2.33 bits per heavy atom. The molecule has 0 aliphatic heterocycles. The first-order valence-corrected chi connectivity index (χ1v) is 8.54. The highest BCUT2D eigenvalue weighted by molar-refractivity contribution is 7.13. The molecule has 0 saturated carbocycles. The summed E-state index contributed by atoms with van der Waals surface area (Å²) in [7, 11) is 0. The van der Waals surface area contributed by atoms with Crippen molar-refractivity contribution >= 4 is 34.0 Å². The van der Waals surface area contributed by atoms with Crippen LogP contribution in [0.5, 0.6) is 5.75 Å². The van der Waals surface area contributed by atoms with E-state index >= 15 is 0 Å². The Bertz CT molecular complexity index is 1020. The number of anilines is 2. The molecule has 9 heteroatoms. The highest BCUT2D eigenvalue weighted by Gasteiger charge is 2.15. The van der Waals surface area contributed by atoms with Crippen molar-refractivity contribution in [2.75, 3.05) is 10.6 Å². The Morgan fingerprint density at radius 1 is 1.04 bits per heavy atom. The number of phenols is 1. The van der Waals surface area contributed by atoms with Crippen LogP contribution in [-0.4, -0.2) is 21.9 Å². The number of aryl methyl sites for hydroxylation is 1. The summed E-state index contributed by atoms with van der Waals surface area (Å²) in [5.41, 5.74) is 0.681. The summed E-state index contributed by atoms with van der Waals surface area (Å²) in [6.07, 6.45) is 0. The second kappa shape index (κ2) is 7.50. The number of hydrogen-bond donors (Lipinski definition) is 3. The van der Waals surface area contributed by atoms with E-state index in [1.165, 1.54) is 23.5 Å². The number of thiazole rings is 1. The van der Waals surface area contributed by atoms with E-state index in [0.29, 0.717) is 11.2 Å². The molecular weight excluding hydrogens is 376 g/mol. The molecule has 0 aliphatic rings. The number of rotatable bonds is 4. The van der Waals surface area contributed by atoms with Gasteiger partial charge in [-0.25, -0.2) is 13.8 Å². The third-order valence-corrected chi connectivity index (χ3v) is 4.34. The quantitative estimate of drug-likeness (QED) is 0.630. The summed E-state index contributed by atoms with van der Waals surface area (Å²) in [5.74, 6) is -3.46. The normalized spacial score (nSPS) is 10.5. The molecule has 0 fully saturated rings. The van der Waals surface area contributed by atoms with Crippen LogP contribution < -0.4 is 10.6 Å². The van der Waals surface area contributed by atoms with Gasteiger partial charge in [-0.3, -0.25) is 14.9 Å². The minimum Gasteiger partial charge on any atom is -0.507 e. The topological polar surface area (TPSA) is 91.3 Å². The maximum Gasteiger partial charge on any atom is 0.261 e. The lowest BCUT2D eigenvalue weighted by Gasteiger charge is -2.09. The number of aromatic hydroxyl groups is 1. The average molecular weight is 389 g/mol. The fourth-order valence-corrected chi connectivity index (χ4v) is 2.95. The van der Waals surface area contributed by atoms with Crippen LogP contribution in [0.3, 0.4) is 0 Å². The third kappa shape index (κ3) is 4.45. The molecule has 0 atom stereocenters. The zero-order valence-corrected chi connectivity index (χ0v) is 14.7. The van der Waals surface area contributed by atoms with Crippen molar-refractivity contribution in [3.63, 3.8) is 0 Å². The number of amides is 2. The SMILES string of the molecule is Cc1csc(NC(=O)c2ccc(NC(=O)c3cc(F)cc(F)c3)cc2O)n1. The molecule has 0 spiro atoms. The number of phenolic OH excluding ortho intramolecular Hbond substituents is 1. The number of aromatic nitrogens is 1. The van der Waals surface area contributed by atoms with Crippen LogP contribution in [0, 0.1) is 18.6 Å². The van der Waals surface area contributed by atoms with Crippen molar-refractivity contribution in [1.29, 1.82) is 0 Å². The molecule has 2 amide bonds. The van der Waals surface area contributed by atoms with Crippen molar-refractivity contribution in [2.45, 2.75) is 6.92 Å². The molecule has 6 nitrogen and oxygen atoms in total. The Hall–Kier alpha value is -3.33. The molecule has 138 valence electrons. The van der Waals surface area contributed by atoms with E-state index in [9.17, 15) is 23.5 Å². The summed E-state index contributed by atoms with van der Waals surface area (Å²) >= 11 is 1.25. The first-order valence-electron chi connectivity index (χ1n) is 7.66. The molecule has 0 unspecified atom stereocenters. The lowest BCUT2D eigenvalue weighted by molar-refractivity contribution is 0.101. The Balaban J connectivity index is 1.74. The lowest BCUT2D eigenvalue weighted by Crippen LogP contribution is -2.14. The highest BCUT2D eigenvalue weighted by Crippen LogP contribution is 2.24. The second-order valence-corrected chi connectivity index (χ2v) is 6.45. The van der Waals surface area contributed by atoms with Crippen molar-refractivity contribution in [3.8, 4) is 5.75 Å². The van der Waals surface area contributed by atoms with Gasteiger partial charge in [0.1, 0.15) is 17.4 Å². The number of carbonyl (C=O) groups is 2. The number of hydrogen-bond acceptors (Lipinski definition) is 5. The predicted molar refractivity (Wildman–Crippen MR) is 97.2 cm³/mol. The molecule has 2 aromatic carbocycles. The van der Waals surface area contributed by atoms with Gasteiger partial charge in [0.05, 0.1) is 11.3 Å². The van der Waals surface area contributed by atoms with Crippen molar-refractivity contribution in [3.05, 3.63) is 70.2 Å². The predicted octanol–water partition coefficient (Wildman–Crippen LogP) is 3.94. The molecule has 0 saturated heterocycles. The summed E-state index contributed by atoms with van der Waals surface area (Å²) in [6.45, 7) is 1.78. The number of nitrogens with one attached hydrogen (secondary N) is 2. The van der Waals surface area contributed by atoms with Gasteiger partial charge in [-0.15, -0.1) is 11.3 Å². The second-order valence-electron chi connectivity index (χ2n) is 5.59. The molecule has 3 rings (SSSR count). The third-order valence-electron chi connectivity index (χ3n) is 3.46. The maximum atomic E-state index is 13.2. The Labute approximate surface area is 156 Å². The van der Waals surface area contributed by atoms with E-state index in [1.807, 2.05) is 0 Å². The van der Waals surface area contributed by atoms with Crippen molar-refractivity contribution < 1.29 is 23.5 Å². The number of nitrogens with zero attached hydrogens (tertiary/aromatic N) is 1. The van der Waals surface area contributed by atoms with Gasteiger partial charge < -0.3 is 10.4 Å². The Kier molecular flexibility index (Phi) is 5.13. The van der Waals surface area contributed by atoms with E-state index in [2.05, 4.69) is 15.6 Å². The standard InChI is InChI=1S/C18H13F2N3O3S/c1-9-8-27-18(21-9)23-17(26)14-3-2-13(7-15(14)24)22-16(25)10-4-11(19)6-12(20)5-10/h2-8,24H,1H3,(H,22,25)(H,21,23,26). The monoisotopic (exact) mass is 389 g/mol. The highest BCUT2D eigenvalue weighted by atomic mass is 32.1. The number of halogens is 2. The summed E-state index contributed by atoms with van der Waals surface area (Å²) in [6, 6.07) is 6.28. The van der Waals surface area contributed by atoms with E-state index in [0.717, 1.165) is 23.9 Å². The van der Waals surface area contributed by atoms with Gasteiger partial charge >= 0.3 is 0 Å². The molecule has 3 aromatic rings. The smallest absolute Gasteiger partial charge is 0.261 e. The fourth-order valence-electron chi connectivity index (χ4n) is 2.27. The minimum atomic E-state index is -0.882. The molecule has 1 aromatic heterocycles. The van der Waals surface area contributed by atoms with E-state index < -0.39 is 23.4 Å². The van der Waals surface area contributed by atoms with Gasteiger partial charge in [0, 0.05) is 28.8 Å². The van der Waals surface area contributed by atoms with Crippen LogP contribution in [0.2, 0.25) is 0 Å². The van der Waals surface area contributed by atoms with Gasteiger partial charge in [0.15, 0.2) is 5.13 Å². The number of carbonyl (C=O) groups excluding carboxylic acids is 2. The van der Waals surface area contributed by atoms with Crippen molar-refractivity contribution in [1.82, 2.24) is 4.98 Å². The molecular formula is C18H13F2N3O3S. The number of benzene rings is 2. The summed E-state index contributed by atoms with van der Waals surface area (Å²) < 4.78 is 26.4. The molecule has 0 bridgehead atoms. The van der Waals surface area contributed by atoms with Crippen LogP contribution in [0.15, 0.2) is 41.8 Å². The molecule has 1 heterocycles. The van der Waals surface area contributed by atoms with Gasteiger partial charge in [0.2, 0.25) is 0 Å². The van der Waals surface area contributed by atoms with E-state index in [1.54, 1.807) is 12.3 Å². The molecule has 0 radical (unpaired) electrons. The van der Waals surface area contributed by atoms with Crippen LogP contribution in [-0.2, 0) is 0 Å². The zero-order valence-electron chi connectivity index (χ0n) is 13.9. The average Bonchev–Trinajstić information content (AvgIpc) is 2.98. The van der Waals surface area contributed by atoms with Crippen LogP contribution in [0.4, 0.5) is 19.6 Å². The first kappa shape index (κ1) is 18.5. The van der Waals surface area contributed by atoms with Gasteiger partial charge in [-0.2, -0.15) is 0 Å². The van der Waals surface area contributed by atoms with E-state index in [-0.39, 0.29) is 22.6 Å². The van der Waals surface area contributed by atoms with Gasteiger partial charge in [-0.05, 0) is 31.2 Å². The van der Waals surface area contributed by atoms with Crippen LogP contribution in [0.25, 0.3) is 0 Å². The van der Waals surface area contributed by atoms with E-state index in [4.69, 9.17) is 0 Å². The Morgan fingerprint density at radius 2 is 1.74 bits per heavy atom. The minimum absolute atomic E-state index is 0.0161. The molecule has 0 aliphatic carbocycles. The van der Waals surface area contributed by atoms with Gasteiger partial charge in [0.25, 0.3) is 11.8 Å². The van der Waals surface area contributed by atoms with Crippen LogP contribution in [0.1, 0.15) is 26.4 Å². The fraction of sp³-hybridized carbons (Fsp3) is 0.0556. The lowest BCUT2D eigenvalue weighted by atomic mass is 10.1. The van der Waals surface area contributed by atoms with Crippen LogP contribution >= 0.6 is 11.3 Å². The molecule has 27 heavy (non-hydrogen) atoms.